The van der Waals surface area contributed by atoms with Crippen LogP contribution in [0.5, 0.6) is 0 Å². The zero-order valence-corrected chi connectivity index (χ0v) is 15.5. The lowest BCUT2D eigenvalue weighted by Gasteiger charge is -2.34. The van der Waals surface area contributed by atoms with Crippen molar-refractivity contribution in [2.75, 3.05) is 0 Å². The van der Waals surface area contributed by atoms with E-state index >= 15 is 0 Å². The average Bonchev–Trinajstić information content (AvgIpc) is 3.21. The largest absolute Gasteiger partial charge is 0.437 e. The molecule has 0 aliphatic heterocycles. The molecule has 0 spiro atoms. The second-order valence-corrected chi connectivity index (χ2v) is 7.29. The maximum atomic E-state index is 13.1. The van der Waals surface area contributed by atoms with Crippen LogP contribution in [0.15, 0.2) is 50.9 Å². The maximum absolute atomic E-state index is 13.1. The Morgan fingerprint density at radius 1 is 1.14 bits per heavy atom. The monoisotopic (exact) mass is 396 g/mol. The summed E-state index contributed by atoms with van der Waals surface area (Å²) in [4.78, 5) is 33.0. The molecule has 0 N–H and O–H groups in total. The van der Waals surface area contributed by atoms with Gasteiger partial charge in [-0.3, -0.25) is 9.36 Å². The fourth-order valence-corrected chi connectivity index (χ4v) is 3.75. The van der Waals surface area contributed by atoms with Gasteiger partial charge in [-0.25, -0.2) is 19.2 Å². The number of nitrogens with zero attached hydrogens (tertiary/aromatic N) is 6. The summed E-state index contributed by atoms with van der Waals surface area (Å²) in [6.45, 7) is 0.00328. The quantitative estimate of drug-likeness (QED) is 0.519. The van der Waals surface area contributed by atoms with Gasteiger partial charge in [0.05, 0.1) is 12.4 Å². The zero-order valence-electron chi connectivity index (χ0n) is 15.5. The first-order valence-electron chi connectivity index (χ1n) is 9.20. The first kappa shape index (κ1) is 17.5. The van der Waals surface area contributed by atoms with Crippen molar-refractivity contribution in [1.82, 2.24) is 28.9 Å². The molecule has 0 bridgehead atoms. The summed E-state index contributed by atoms with van der Waals surface area (Å²) in [7, 11) is 1.71. The van der Waals surface area contributed by atoms with Crippen molar-refractivity contribution in [3.63, 3.8) is 0 Å². The highest BCUT2D eigenvalue weighted by atomic mass is 19.1. The number of fused-ring (bicyclic) bond motifs is 1. The minimum absolute atomic E-state index is 0.00328. The van der Waals surface area contributed by atoms with E-state index in [9.17, 15) is 14.0 Å². The van der Waals surface area contributed by atoms with Gasteiger partial charge in [0.15, 0.2) is 11.2 Å². The molecule has 29 heavy (non-hydrogen) atoms. The van der Waals surface area contributed by atoms with Crippen LogP contribution >= 0.6 is 0 Å². The lowest BCUT2D eigenvalue weighted by atomic mass is 9.76. The molecule has 1 aromatic carbocycles. The van der Waals surface area contributed by atoms with Crippen molar-refractivity contribution in [3.05, 3.63) is 75.1 Å². The van der Waals surface area contributed by atoms with Crippen LogP contribution in [0.25, 0.3) is 11.2 Å². The van der Waals surface area contributed by atoms with E-state index in [1.165, 1.54) is 34.0 Å². The Balaban J connectivity index is 1.35. The van der Waals surface area contributed by atoms with Crippen molar-refractivity contribution in [1.29, 1.82) is 0 Å². The molecular weight excluding hydrogens is 379 g/mol. The molecule has 0 unspecified atom stereocenters. The Morgan fingerprint density at radius 2 is 1.86 bits per heavy atom. The van der Waals surface area contributed by atoms with Gasteiger partial charge in [0, 0.05) is 7.05 Å². The fourth-order valence-electron chi connectivity index (χ4n) is 3.75. The second-order valence-electron chi connectivity index (χ2n) is 7.29. The summed E-state index contributed by atoms with van der Waals surface area (Å²) in [5, 5.41) is 4.27. The van der Waals surface area contributed by atoms with E-state index in [1.54, 1.807) is 23.7 Å². The van der Waals surface area contributed by atoms with Crippen molar-refractivity contribution in [2.45, 2.75) is 31.3 Å². The van der Waals surface area contributed by atoms with Crippen LogP contribution in [-0.4, -0.2) is 28.9 Å². The van der Waals surface area contributed by atoms with Crippen LogP contribution < -0.4 is 11.3 Å². The topological polar surface area (TPSA) is 101 Å². The van der Waals surface area contributed by atoms with E-state index in [0.29, 0.717) is 11.2 Å². The third kappa shape index (κ3) is 2.96. The first-order chi connectivity index (χ1) is 14.0. The van der Waals surface area contributed by atoms with Gasteiger partial charge in [-0.2, -0.15) is 4.68 Å². The minimum atomic E-state index is -0.551. The molecule has 0 radical (unpaired) electrons. The molecule has 1 aliphatic rings. The molecular formula is C19H17FN6O3. The van der Waals surface area contributed by atoms with Crippen molar-refractivity contribution in [3.8, 4) is 0 Å². The number of imidazole rings is 1. The molecule has 5 rings (SSSR count). The Kier molecular flexibility index (Phi) is 3.93. The highest BCUT2D eigenvalue weighted by Gasteiger charge is 2.34. The Hall–Kier alpha value is -3.56. The molecule has 1 fully saturated rings. The number of hydrogen-bond donors (Lipinski definition) is 0. The van der Waals surface area contributed by atoms with Crippen LogP contribution in [0.4, 0.5) is 4.39 Å². The average molecular weight is 396 g/mol. The molecule has 9 nitrogen and oxygen atoms in total. The molecule has 10 heteroatoms. The van der Waals surface area contributed by atoms with Crippen LogP contribution in [0.3, 0.4) is 0 Å². The molecule has 148 valence electrons. The van der Waals surface area contributed by atoms with E-state index in [4.69, 9.17) is 4.42 Å². The lowest BCUT2D eigenvalue weighted by Crippen LogP contribution is -2.31. The van der Waals surface area contributed by atoms with Gasteiger partial charge >= 0.3 is 5.76 Å². The summed E-state index contributed by atoms with van der Waals surface area (Å²) in [6.07, 6.45) is 4.33. The number of halogens is 1. The van der Waals surface area contributed by atoms with E-state index in [2.05, 4.69) is 15.1 Å². The van der Waals surface area contributed by atoms with Crippen molar-refractivity contribution < 1.29 is 8.81 Å². The third-order valence-electron chi connectivity index (χ3n) is 5.42. The lowest BCUT2D eigenvalue weighted by molar-refractivity contribution is 0.233. The van der Waals surface area contributed by atoms with Crippen LogP contribution in [0, 0.1) is 5.82 Å². The number of aromatic nitrogens is 6. The van der Waals surface area contributed by atoms with E-state index in [-0.39, 0.29) is 35.8 Å². The molecule has 4 aromatic rings. The predicted molar refractivity (Wildman–Crippen MR) is 100 cm³/mol. The zero-order chi connectivity index (χ0) is 20.1. The van der Waals surface area contributed by atoms with Gasteiger partial charge in [0.25, 0.3) is 5.56 Å². The minimum Gasteiger partial charge on any atom is -0.390 e. The molecule has 1 saturated carbocycles. The Bertz CT molecular complexity index is 1310. The van der Waals surface area contributed by atoms with Crippen LogP contribution in [0.1, 0.15) is 36.3 Å². The molecule has 0 amide bonds. The molecule has 0 saturated heterocycles. The summed E-state index contributed by atoms with van der Waals surface area (Å²) in [6, 6.07) is 6.33. The second kappa shape index (κ2) is 6.50. The van der Waals surface area contributed by atoms with Crippen LogP contribution in [-0.2, 0) is 13.6 Å². The SMILES string of the molecule is Cn1cnc2ncn(Cc3nn([C@H]4C[C@H](c5ccc(F)cc5)C4)c(=O)o3)c(=O)c21. The summed E-state index contributed by atoms with van der Waals surface area (Å²) in [5.41, 5.74) is 1.49. The Morgan fingerprint density at radius 3 is 2.62 bits per heavy atom. The van der Waals surface area contributed by atoms with Gasteiger partial charge in [-0.05, 0) is 36.5 Å². The van der Waals surface area contributed by atoms with Gasteiger partial charge in [-0.1, -0.05) is 12.1 Å². The number of benzene rings is 1. The highest BCUT2D eigenvalue weighted by molar-refractivity contribution is 5.68. The molecule has 1 aliphatic carbocycles. The van der Waals surface area contributed by atoms with Gasteiger partial charge in [-0.15, -0.1) is 5.10 Å². The number of rotatable bonds is 4. The van der Waals surface area contributed by atoms with Crippen molar-refractivity contribution >= 4 is 11.2 Å². The smallest absolute Gasteiger partial charge is 0.390 e. The normalized spacial score (nSPS) is 18.8. The number of hydrogen-bond acceptors (Lipinski definition) is 6. The van der Waals surface area contributed by atoms with Gasteiger partial charge in [0.1, 0.15) is 18.7 Å². The molecule has 0 atom stereocenters. The van der Waals surface area contributed by atoms with Crippen LogP contribution in [0.2, 0.25) is 0 Å². The molecule has 3 heterocycles. The Labute approximate surface area is 163 Å². The predicted octanol–water partition coefficient (Wildman–Crippen LogP) is 1.59. The summed E-state index contributed by atoms with van der Waals surface area (Å²) < 4.78 is 22.6. The van der Waals surface area contributed by atoms with Gasteiger partial charge < -0.3 is 8.98 Å². The third-order valence-corrected chi connectivity index (χ3v) is 5.42. The maximum Gasteiger partial charge on any atom is 0.437 e. The molecule has 3 aromatic heterocycles. The number of aryl methyl sites for hydroxylation is 1. The van der Waals surface area contributed by atoms with Gasteiger partial charge in [0.2, 0.25) is 5.89 Å². The fraction of sp³-hybridized carbons (Fsp3) is 0.316. The summed E-state index contributed by atoms with van der Waals surface area (Å²) in [5.74, 6) is -0.418. The van der Waals surface area contributed by atoms with E-state index < -0.39 is 5.76 Å². The van der Waals surface area contributed by atoms with E-state index in [0.717, 1.165) is 18.4 Å². The van der Waals surface area contributed by atoms with Crippen molar-refractivity contribution in [2.24, 2.45) is 7.05 Å². The highest BCUT2D eigenvalue weighted by Crippen LogP contribution is 2.43. The van der Waals surface area contributed by atoms with E-state index in [1.807, 2.05) is 0 Å². The standard InChI is InChI=1S/C19H17FN6O3/c1-24-9-21-17-16(24)18(27)25(10-22-17)8-15-23-26(19(28)29-15)14-6-12(7-14)11-2-4-13(20)5-3-11/h2-5,9-10,12,14H,6-8H2,1H3/t12-,14-. The summed E-state index contributed by atoms with van der Waals surface area (Å²) >= 11 is 0. The first-order valence-corrected chi connectivity index (χ1v) is 9.20.